The van der Waals surface area contributed by atoms with Crippen LogP contribution >= 0.6 is 23.2 Å². The highest BCUT2D eigenvalue weighted by Gasteiger charge is 2.24. The highest BCUT2D eigenvalue weighted by molar-refractivity contribution is 6.35. The summed E-state index contributed by atoms with van der Waals surface area (Å²) in [7, 11) is 2.67. The molecule has 0 bridgehead atoms. The molecule has 0 aliphatic carbocycles. The first-order valence-electron chi connectivity index (χ1n) is 10.7. The minimum Gasteiger partial charge on any atom is -0.506 e. The third kappa shape index (κ3) is 8.97. The Labute approximate surface area is 221 Å². The SMILES string of the molecule is COCCN=C(N)Nc1cc(C(=O)NCC(=O)N[C@@H](CC(=O)OC)c2cc(Cl)cc(Cl)c2O)c[nH]c1=O. The van der Waals surface area contributed by atoms with Gasteiger partial charge in [0.1, 0.15) is 11.4 Å². The molecule has 1 aromatic carbocycles. The van der Waals surface area contributed by atoms with Gasteiger partial charge in [-0.3, -0.25) is 24.2 Å². The molecule has 37 heavy (non-hydrogen) atoms. The number of aromatic nitrogens is 1. The molecule has 2 aromatic rings. The van der Waals surface area contributed by atoms with Gasteiger partial charge in [0.15, 0.2) is 5.96 Å². The number of aromatic hydroxyl groups is 1. The third-order valence-corrected chi connectivity index (χ3v) is 5.29. The summed E-state index contributed by atoms with van der Waals surface area (Å²) in [5, 5.41) is 17.9. The van der Waals surface area contributed by atoms with E-state index in [1.807, 2.05) is 0 Å². The maximum atomic E-state index is 12.6. The number of aliphatic imine (C=N–C) groups is 1. The summed E-state index contributed by atoms with van der Waals surface area (Å²) in [6.45, 7) is 0.0838. The first kappa shape index (κ1) is 29.4. The van der Waals surface area contributed by atoms with Crippen LogP contribution in [-0.2, 0) is 19.1 Å². The van der Waals surface area contributed by atoms with Crippen molar-refractivity contribution >= 4 is 52.6 Å². The van der Waals surface area contributed by atoms with E-state index in [1.165, 1.54) is 32.4 Å². The van der Waals surface area contributed by atoms with Crippen LogP contribution in [0.3, 0.4) is 0 Å². The fourth-order valence-electron chi connectivity index (χ4n) is 2.99. The fraction of sp³-hybridized carbons (Fsp3) is 0.318. The average molecular weight is 557 g/mol. The number of rotatable bonds is 11. The van der Waals surface area contributed by atoms with Gasteiger partial charge in [0.25, 0.3) is 11.5 Å². The molecular formula is C22H26Cl2N6O7. The largest absolute Gasteiger partial charge is 0.506 e. The molecule has 7 N–H and O–H groups in total. The second kappa shape index (κ2) is 14.1. The number of nitrogens with zero attached hydrogens (tertiary/aromatic N) is 1. The Hall–Kier alpha value is -3.81. The summed E-state index contributed by atoms with van der Waals surface area (Å²) in [4.78, 5) is 55.4. The van der Waals surface area contributed by atoms with E-state index in [2.05, 4.69) is 30.7 Å². The van der Waals surface area contributed by atoms with Gasteiger partial charge in [-0.1, -0.05) is 23.2 Å². The van der Waals surface area contributed by atoms with Gasteiger partial charge in [0, 0.05) is 23.9 Å². The molecule has 0 aliphatic rings. The lowest BCUT2D eigenvalue weighted by Gasteiger charge is -2.20. The number of guanidine groups is 1. The number of H-pyrrole nitrogens is 1. The Morgan fingerprint density at radius 3 is 2.62 bits per heavy atom. The minimum atomic E-state index is -1.06. The fourth-order valence-corrected chi connectivity index (χ4v) is 3.50. The number of pyridine rings is 1. The monoisotopic (exact) mass is 556 g/mol. The van der Waals surface area contributed by atoms with Crippen molar-refractivity contribution in [1.82, 2.24) is 15.6 Å². The van der Waals surface area contributed by atoms with Crippen LogP contribution in [0.2, 0.25) is 10.0 Å². The number of methoxy groups -OCH3 is 2. The van der Waals surface area contributed by atoms with Crippen molar-refractivity contribution in [2.24, 2.45) is 10.7 Å². The molecule has 1 atom stereocenters. The van der Waals surface area contributed by atoms with Gasteiger partial charge in [0.2, 0.25) is 5.91 Å². The molecule has 200 valence electrons. The number of nitrogens with one attached hydrogen (secondary N) is 4. The number of phenols is 1. The van der Waals surface area contributed by atoms with Gasteiger partial charge in [-0.15, -0.1) is 0 Å². The van der Waals surface area contributed by atoms with Crippen LogP contribution in [0.5, 0.6) is 5.75 Å². The van der Waals surface area contributed by atoms with Crippen molar-refractivity contribution in [2.45, 2.75) is 12.5 Å². The van der Waals surface area contributed by atoms with E-state index in [-0.39, 0.29) is 51.5 Å². The number of hydrogen-bond donors (Lipinski definition) is 6. The zero-order valence-corrected chi connectivity index (χ0v) is 21.4. The maximum absolute atomic E-state index is 12.6. The van der Waals surface area contributed by atoms with Gasteiger partial charge in [-0.25, -0.2) is 0 Å². The summed E-state index contributed by atoms with van der Waals surface area (Å²) in [5.41, 5.74) is 5.23. The lowest BCUT2D eigenvalue weighted by atomic mass is 10.0. The van der Waals surface area contributed by atoms with Crippen LogP contribution in [0, 0.1) is 0 Å². The van der Waals surface area contributed by atoms with E-state index in [1.54, 1.807) is 0 Å². The standard InChI is InChI=1S/C22H26Cl2N6O7/c1-36-4-3-26-22(25)30-16-5-11(9-27-21(16)35)20(34)28-10-17(31)29-15(8-18(32)37-2)13-6-12(23)7-14(24)19(13)33/h5-7,9,15,33H,3-4,8,10H2,1-2H3,(H,27,35)(H,28,34)(H,29,31)(H3,25,26,30)/t15-/m0/s1. The number of phenolic OH excluding ortho intramolecular Hbond substituents is 1. The molecule has 2 rings (SSSR count). The third-order valence-electron chi connectivity index (χ3n) is 4.78. The molecule has 2 amide bonds. The molecule has 0 aliphatic heterocycles. The number of ether oxygens (including phenoxy) is 2. The number of carbonyl (C=O) groups excluding carboxylic acids is 3. The quantitative estimate of drug-likeness (QED) is 0.101. The van der Waals surface area contributed by atoms with Crippen LogP contribution in [0.15, 0.2) is 34.2 Å². The molecule has 0 radical (unpaired) electrons. The van der Waals surface area contributed by atoms with Crippen molar-refractivity contribution in [1.29, 1.82) is 0 Å². The number of aromatic amines is 1. The second-order valence-corrected chi connectivity index (χ2v) is 8.27. The lowest BCUT2D eigenvalue weighted by Crippen LogP contribution is -2.39. The van der Waals surface area contributed by atoms with Crippen molar-refractivity contribution in [3.8, 4) is 5.75 Å². The molecule has 0 unspecified atom stereocenters. The molecule has 0 spiro atoms. The van der Waals surface area contributed by atoms with E-state index in [0.29, 0.717) is 6.61 Å². The predicted octanol–water partition coefficient (Wildman–Crippen LogP) is 0.911. The summed E-state index contributed by atoms with van der Waals surface area (Å²) in [6.07, 6.45) is 0.813. The number of carbonyl (C=O) groups is 3. The maximum Gasteiger partial charge on any atom is 0.307 e. The molecule has 13 nitrogen and oxygen atoms in total. The normalized spacial score (nSPS) is 11.9. The van der Waals surface area contributed by atoms with Gasteiger partial charge < -0.3 is 41.2 Å². The van der Waals surface area contributed by atoms with Gasteiger partial charge in [0.05, 0.1) is 49.9 Å². The van der Waals surface area contributed by atoms with Gasteiger partial charge >= 0.3 is 5.97 Å². The van der Waals surface area contributed by atoms with Crippen molar-refractivity contribution in [2.75, 3.05) is 39.2 Å². The lowest BCUT2D eigenvalue weighted by molar-refractivity contribution is -0.141. The first-order chi connectivity index (χ1) is 17.5. The molecule has 0 saturated heterocycles. The number of hydrogen-bond acceptors (Lipinski definition) is 8. The molecule has 1 aromatic heterocycles. The van der Waals surface area contributed by atoms with Crippen LogP contribution in [0.4, 0.5) is 5.69 Å². The van der Waals surface area contributed by atoms with E-state index < -0.39 is 35.9 Å². The molecule has 0 saturated carbocycles. The van der Waals surface area contributed by atoms with Gasteiger partial charge in [-0.05, 0) is 18.2 Å². The number of anilines is 1. The molecule has 0 fully saturated rings. The Balaban J connectivity index is 2.10. The van der Waals surface area contributed by atoms with E-state index in [0.717, 1.165) is 6.20 Å². The first-order valence-corrected chi connectivity index (χ1v) is 11.4. The van der Waals surface area contributed by atoms with Crippen LogP contribution in [0.1, 0.15) is 28.4 Å². The van der Waals surface area contributed by atoms with E-state index >= 15 is 0 Å². The highest BCUT2D eigenvalue weighted by atomic mass is 35.5. The van der Waals surface area contributed by atoms with Crippen molar-refractivity contribution in [3.05, 3.63) is 55.9 Å². The number of halogens is 2. The summed E-state index contributed by atoms with van der Waals surface area (Å²) in [6, 6.07) is 2.81. The highest BCUT2D eigenvalue weighted by Crippen LogP contribution is 2.36. The van der Waals surface area contributed by atoms with Crippen LogP contribution in [-0.4, -0.2) is 67.7 Å². The van der Waals surface area contributed by atoms with Crippen LogP contribution < -0.4 is 27.2 Å². The minimum absolute atomic E-state index is 0.0185. The Morgan fingerprint density at radius 2 is 1.95 bits per heavy atom. The van der Waals surface area contributed by atoms with E-state index in [9.17, 15) is 24.3 Å². The van der Waals surface area contributed by atoms with Crippen molar-refractivity contribution in [3.63, 3.8) is 0 Å². The zero-order chi connectivity index (χ0) is 27.5. The Bertz CT molecular complexity index is 1230. The topological polar surface area (TPSA) is 197 Å². The molecule has 15 heteroatoms. The number of benzene rings is 1. The number of amides is 2. The average Bonchev–Trinajstić information content (AvgIpc) is 2.85. The number of nitrogens with two attached hydrogens (primary N) is 1. The Kier molecular flexibility index (Phi) is 11.2. The Morgan fingerprint density at radius 1 is 1.22 bits per heavy atom. The zero-order valence-electron chi connectivity index (χ0n) is 19.9. The summed E-state index contributed by atoms with van der Waals surface area (Å²) >= 11 is 12.0. The summed E-state index contributed by atoms with van der Waals surface area (Å²) in [5.74, 6) is -2.50. The predicted molar refractivity (Wildman–Crippen MR) is 137 cm³/mol. The molecular weight excluding hydrogens is 531 g/mol. The second-order valence-electron chi connectivity index (χ2n) is 7.42. The van der Waals surface area contributed by atoms with E-state index in [4.69, 9.17) is 33.7 Å². The van der Waals surface area contributed by atoms with Gasteiger partial charge in [-0.2, -0.15) is 0 Å². The number of esters is 1. The summed E-state index contributed by atoms with van der Waals surface area (Å²) < 4.78 is 9.51. The van der Waals surface area contributed by atoms with Crippen LogP contribution in [0.25, 0.3) is 0 Å². The van der Waals surface area contributed by atoms with Crippen molar-refractivity contribution < 1.29 is 29.0 Å². The molecule has 1 heterocycles. The smallest absolute Gasteiger partial charge is 0.307 e.